The molecule has 0 spiro atoms. The Balaban J connectivity index is 1.77. The molecule has 5 rings (SSSR count). The number of nitrogens with zero attached hydrogens (tertiary/aromatic N) is 5. The Labute approximate surface area is 182 Å². The van der Waals surface area contributed by atoms with Crippen molar-refractivity contribution in [1.82, 2.24) is 9.55 Å². The normalized spacial score (nSPS) is 19.5. The predicted molar refractivity (Wildman–Crippen MR) is 117 cm³/mol. The summed E-state index contributed by atoms with van der Waals surface area (Å²) in [6.45, 7) is 3.80. The van der Waals surface area contributed by atoms with Crippen molar-refractivity contribution in [2.45, 2.75) is 51.5 Å². The van der Waals surface area contributed by atoms with E-state index in [1.54, 1.807) is 17.6 Å². The third-order valence-electron chi connectivity index (χ3n) is 6.51. The highest BCUT2D eigenvalue weighted by Crippen LogP contribution is 2.39. The van der Waals surface area contributed by atoms with Crippen LogP contribution in [0.2, 0.25) is 0 Å². The SMILES string of the molecule is CCC(N=[N+]=[N-])c1cccc2cc3c(nc12)-c1cc2c(c(=O)n1C3)COC(=O)[C@]2(O)CC. The van der Waals surface area contributed by atoms with Crippen molar-refractivity contribution in [3.63, 3.8) is 0 Å². The standard InChI is InChI=1S/C23H21N5O4/c1-3-17(26-27-24)14-7-5-6-12-8-13-10-28-18(20(13)25-19(12)14)9-16-15(21(28)29)11-32-22(30)23(16,31)4-2/h5-9,17,31H,3-4,10-11H2,1-2H3/t17?,23-/m0/s1. The fraction of sp³-hybridized carbons (Fsp3) is 0.348. The maximum absolute atomic E-state index is 13.3. The minimum absolute atomic E-state index is 0.0915. The number of benzene rings is 1. The Kier molecular flexibility index (Phi) is 4.54. The lowest BCUT2D eigenvalue weighted by atomic mass is 9.86. The Morgan fingerprint density at radius 1 is 1.34 bits per heavy atom. The molecule has 0 fully saturated rings. The molecule has 1 aromatic carbocycles. The molecule has 0 aliphatic carbocycles. The number of carbonyl (C=O) groups excluding carboxylic acids is 1. The maximum atomic E-state index is 13.3. The Morgan fingerprint density at radius 2 is 2.16 bits per heavy atom. The predicted octanol–water partition coefficient (Wildman–Crippen LogP) is 3.84. The second kappa shape index (κ2) is 7.19. The number of cyclic esters (lactones) is 1. The van der Waals surface area contributed by atoms with Crippen LogP contribution in [0.1, 0.15) is 55.0 Å². The van der Waals surface area contributed by atoms with Crippen molar-refractivity contribution in [1.29, 1.82) is 0 Å². The number of rotatable bonds is 4. The number of carbonyl (C=O) groups is 1. The van der Waals surface area contributed by atoms with Gasteiger partial charge in [-0.1, -0.05) is 37.2 Å². The number of esters is 1. The van der Waals surface area contributed by atoms with Gasteiger partial charge in [0, 0.05) is 21.4 Å². The van der Waals surface area contributed by atoms with Crippen molar-refractivity contribution < 1.29 is 14.6 Å². The molecule has 9 nitrogen and oxygen atoms in total. The molecule has 0 bridgehead atoms. The monoisotopic (exact) mass is 431 g/mol. The van der Waals surface area contributed by atoms with Crippen LogP contribution in [-0.2, 0) is 28.3 Å². The van der Waals surface area contributed by atoms with Crippen LogP contribution in [0.5, 0.6) is 0 Å². The summed E-state index contributed by atoms with van der Waals surface area (Å²) >= 11 is 0. The fourth-order valence-corrected chi connectivity index (χ4v) is 4.73. The van der Waals surface area contributed by atoms with Gasteiger partial charge < -0.3 is 14.4 Å². The van der Waals surface area contributed by atoms with Crippen molar-refractivity contribution >= 4 is 16.9 Å². The van der Waals surface area contributed by atoms with Crippen LogP contribution in [0.3, 0.4) is 0 Å². The van der Waals surface area contributed by atoms with Crippen LogP contribution in [0.4, 0.5) is 0 Å². The molecule has 0 saturated heterocycles. The number of para-hydroxylation sites is 1. The van der Waals surface area contributed by atoms with E-state index in [4.69, 9.17) is 15.3 Å². The first-order valence-corrected chi connectivity index (χ1v) is 10.6. The third-order valence-corrected chi connectivity index (χ3v) is 6.51. The number of hydrogen-bond donors (Lipinski definition) is 1. The molecular weight excluding hydrogens is 410 g/mol. The van der Waals surface area contributed by atoms with Gasteiger partial charge in [0.2, 0.25) is 0 Å². The van der Waals surface area contributed by atoms with Gasteiger partial charge in [-0.15, -0.1) is 0 Å². The Bertz CT molecular complexity index is 1410. The summed E-state index contributed by atoms with van der Waals surface area (Å²) in [5, 5.41) is 15.8. The number of azide groups is 1. The molecule has 9 heteroatoms. The first-order chi connectivity index (χ1) is 15.4. The van der Waals surface area contributed by atoms with E-state index in [0.717, 1.165) is 16.5 Å². The molecule has 4 heterocycles. The van der Waals surface area contributed by atoms with Gasteiger partial charge in [0.25, 0.3) is 5.56 Å². The van der Waals surface area contributed by atoms with Gasteiger partial charge in [-0.2, -0.15) is 0 Å². The molecule has 2 aliphatic rings. The van der Waals surface area contributed by atoms with Crippen LogP contribution < -0.4 is 5.56 Å². The number of ether oxygens (including phenoxy) is 1. The average Bonchev–Trinajstić information content (AvgIpc) is 3.16. The summed E-state index contributed by atoms with van der Waals surface area (Å²) in [7, 11) is 0. The lowest BCUT2D eigenvalue weighted by Gasteiger charge is -2.31. The Hall–Kier alpha value is -3.68. The van der Waals surface area contributed by atoms with E-state index in [1.807, 2.05) is 31.2 Å². The summed E-state index contributed by atoms with van der Waals surface area (Å²) in [5.74, 6) is -0.746. The summed E-state index contributed by atoms with van der Waals surface area (Å²) < 4.78 is 6.72. The number of hydrogen-bond acceptors (Lipinski definition) is 6. The van der Waals surface area contributed by atoms with E-state index < -0.39 is 11.6 Å². The Morgan fingerprint density at radius 3 is 2.88 bits per heavy atom. The van der Waals surface area contributed by atoms with Gasteiger partial charge in [0.1, 0.15) is 6.61 Å². The zero-order valence-electron chi connectivity index (χ0n) is 17.7. The molecule has 1 N–H and O–H groups in total. The first-order valence-electron chi connectivity index (χ1n) is 10.6. The number of aromatic nitrogens is 2. The van der Waals surface area contributed by atoms with E-state index in [2.05, 4.69) is 10.0 Å². The molecular formula is C23H21N5O4. The van der Waals surface area contributed by atoms with E-state index in [9.17, 15) is 14.7 Å². The zero-order valence-corrected chi connectivity index (χ0v) is 17.7. The van der Waals surface area contributed by atoms with Crippen LogP contribution in [0, 0.1) is 0 Å². The van der Waals surface area contributed by atoms with Crippen LogP contribution in [0.15, 0.2) is 40.2 Å². The van der Waals surface area contributed by atoms with Crippen molar-refractivity contribution in [3.8, 4) is 11.4 Å². The summed E-state index contributed by atoms with van der Waals surface area (Å²) in [6, 6.07) is 9.06. The van der Waals surface area contributed by atoms with Gasteiger partial charge in [0.15, 0.2) is 5.60 Å². The van der Waals surface area contributed by atoms with Crippen LogP contribution in [0.25, 0.3) is 32.7 Å². The molecule has 0 amide bonds. The number of aliphatic hydroxyl groups is 1. The quantitative estimate of drug-likeness (QED) is 0.227. The molecule has 0 saturated carbocycles. The number of fused-ring (bicyclic) bond motifs is 5. The van der Waals surface area contributed by atoms with Crippen molar-refractivity contribution in [2.24, 2.45) is 5.11 Å². The van der Waals surface area contributed by atoms with Crippen molar-refractivity contribution in [2.75, 3.05) is 0 Å². The van der Waals surface area contributed by atoms with Gasteiger partial charge >= 0.3 is 5.97 Å². The summed E-state index contributed by atoms with van der Waals surface area (Å²) in [4.78, 5) is 33.4. The molecule has 1 unspecified atom stereocenters. The molecule has 32 heavy (non-hydrogen) atoms. The lowest BCUT2D eigenvalue weighted by Crippen LogP contribution is -2.44. The topological polar surface area (TPSA) is 130 Å². The lowest BCUT2D eigenvalue weighted by molar-refractivity contribution is -0.172. The zero-order chi connectivity index (χ0) is 22.6. The van der Waals surface area contributed by atoms with Crippen LogP contribution in [-0.4, -0.2) is 20.6 Å². The van der Waals surface area contributed by atoms with E-state index in [1.165, 1.54) is 0 Å². The van der Waals surface area contributed by atoms with E-state index in [-0.39, 0.29) is 30.2 Å². The maximum Gasteiger partial charge on any atom is 0.343 e. The molecule has 3 aromatic rings. The van der Waals surface area contributed by atoms with Crippen LogP contribution >= 0.6 is 0 Å². The van der Waals surface area contributed by atoms with E-state index in [0.29, 0.717) is 35.4 Å². The minimum atomic E-state index is -1.86. The minimum Gasteiger partial charge on any atom is -0.458 e. The number of pyridine rings is 2. The van der Waals surface area contributed by atoms with Gasteiger partial charge in [-0.3, -0.25) is 4.79 Å². The van der Waals surface area contributed by atoms with Gasteiger partial charge in [0.05, 0.1) is 35.1 Å². The third kappa shape index (κ3) is 2.68. The largest absolute Gasteiger partial charge is 0.458 e. The second-order valence-corrected chi connectivity index (χ2v) is 8.15. The smallest absolute Gasteiger partial charge is 0.343 e. The summed E-state index contributed by atoms with van der Waals surface area (Å²) in [5.41, 5.74) is 11.0. The molecule has 2 aliphatic heterocycles. The molecule has 2 aromatic heterocycles. The molecule has 162 valence electrons. The molecule has 2 atom stereocenters. The highest BCUT2D eigenvalue weighted by atomic mass is 16.6. The second-order valence-electron chi connectivity index (χ2n) is 8.15. The summed E-state index contributed by atoms with van der Waals surface area (Å²) in [6.07, 6.45) is 0.714. The molecule has 0 radical (unpaired) electrons. The first kappa shape index (κ1) is 20.2. The average molecular weight is 431 g/mol. The van der Waals surface area contributed by atoms with E-state index >= 15 is 0 Å². The van der Waals surface area contributed by atoms with Gasteiger partial charge in [-0.25, -0.2) is 9.78 Å². The fourth-order valence-electron chi connectivity index (χ4n) is 4.73. The highest BCUT2D eigenvalue weighted by molar-refractivity contribution is 5.88. The highest BCUT2D eigenvalue weighted by Gasteiger charge is 2.45. The van der Waals surface area contributed by atoms with Crippen molar-refractivity contribution in [3.05, 3.63) is 73.4 Å². The van der Waals surface area contributed by atoms with Gasteiger partial charge in [-0.05, 0) is 36.1 Å².